The zero-order valence-electron chi connectivity index (χ0n) is 12.3. The monoisotopic (exact) mass is 292 g/mol. The van der Waals surface area contributed by atoms with E-state index >= 15 is 0 Å². The van der Waals surface area contributed by atoms with E-state index in [0.29, 0.717) is 18.3 Å². The number of aryl methyl sites for hydroxylation is 2. The lowest BCUT2D eigenvalue weighted by molar-refractivity contribution is 0.0348. The number of hydrogen-bond donors (Lipinski definition) is 1. The van der Waals surface area contributed by atoms with E-state index < -0.39 is 0 Å². The smallest absolute Gasteiger partial charge is 0.261 e. The number of morpholine rings is 1. The van der Waals surface area contributed by atoms with Crippen LogP contribution in [0.1, 0.15) is 23.4 Å². The number of hydrogen-bond acceptors (Lipinski definition) is 7. The van der Waals surface area contributed by atoms with Gasteiger partial charge in [-0.15, -0.1) is 0 Å². The van der Waals surface area contributed by atoms with Gasteiger partial charge in [-0.05, 0) is 19.9 Å². The number of aromatic nitrogens is 2. The van der Waals surface area contributed by atoms with Gasteiger partial charge in [0.05, 0.1) is 24.8 Å². The fourth-order valence-corrected chi connectivity index (χ4v) is 2.48. The van der Waals surface area contributed by atoms with Gasteiger partial charge in [-0.3, -0.25) is 4.90 Å². The van der Waals surface area contributed by atoms with Crippen LogP contribution < -0.4 is 5.73 Å². The maximum atomic E-state index is 6.17. The SMILES string of the molecule is Cc1cc(-c2nc(C(N)CN3CCOCC3)no2)c(C)o1. The molecule has 0 radical (unpaired) electrons. The van der Waals surface area contributed by atoms with Crippen LogP contribution in [0, 0.1) is 13.8 Å². The molecule has 1 fully saturated rings. The summed E-state index contributed by atoms with van der Waals surface area (Å²) >= 11 is 0. The van der Waals surface area contributed by atoms with Gasteiger partial charge in [-0.25, -0.2) is 0 Å². The predicted molar refractivity (Wildman–Crippen MR) is 75.7 cm³/mol. The molecule has 0 aliphatic carbocycles. The third kappa shape index (κ3) is 3.15. The summed E-state index contributed by atoms with van der Waals surface area (Å²) in [6.45, 7) is 7.73. The molecule has 1 aliphatic heterocycles. The molecule has 114 valence electrons. The Morgan fingerprint density at radius 1 is 1.33 bits per heavy atom. The van der Waals surface area contributed by atoms with Crippen molar-refractivity contribution in [1.82, 2.24) is 15.0 Å². The summed E-state index contributed by atoms with van der Waals surface area (Å²) in [4.78, 5) is 6.65. The highest BCUT2D eigenvalue weighted by molar-refractivity contribution is 5.56. The van der Waals surface area contributed by atoms with E-state index in [2.05, 4.69) is 15.0 Å². The fourth-order valence-electron chi connectivity index (χ4n) is 2.48. The zero-order valence-corrected chi connectivity index (χ0v) is 12.3. The third-order valence-electron chi connectivity index (χ3n) is 3.60. The molecular formula is C14H20N4O3. The highest BCUT2D eigenvalue weighted by Gasteiger charge is 2.21. The van der Waals surface area contributed by atoms with E-state index in [1.165, 1.54) is 0 Å². The summed E-state index contributed by atoms with van der Waals surface area (Å²) in [5.74, 6) is 2.57. The molecular weight excluding hydrogens is 272 g/mol. The van der Waals surface area contributed by atoms with Crippen molar-refractivity contribution in [1.29, 1.82) is 0 Å². The average Bonchev–Trinajstić information content (AvgIpc) is 3.06. The van der Waals surface area contributed by atoms with Crippen LogP contribution in [0.2, 0.25) is 0 Å². The van der Waals surface area contributed by atoms with Crippen LogP contribution in [-0.4, -0.2) is 47.9 Å². The van der Waals surface area contributed by atoms with Gasteiger partial charge in [-0.2, -0.15) is 4.98 Å². The summed E-state index contributed by atoms with van der Waals surface area (Å²) < 4.78 is 16.1. The molecule has 0 amide bonds. The molecule has 3 heterocycles. The molecule has 0 aromatic carbocycles. The standard InChI is InChI=1S/C14H20N4O3/c1-9-7-11(10(2)20-9)14-16-13(17-21-14)12(15)8-18-3-5-19-6-4-18/h7,12H,3-6,8,15H2,1-2H3. The second-order valence-corrected chi connectivity index (χ2v) is 5.30. The van der Waals surface area contributed by atoms with Gasteiger partial charge in [0, 0.05) is 19.6 Å². The van der Waals surface area contributed by atoms with Crippen molar-refractivity contribution in [3.63, 3.8) is 0 Å². The van der Waals surface area contributed by atoms with Crippen LogP contribution >= 0.6 is 0 Å². The van der Waals surface area contributed by atoms with E-state index in [1.807, 2.05) is 19.9 Å². The van der Waals surface area contributed by atoms with Gasteiger partial charge >= 0.3 is 0 Å². The molecule has 21 heavy (non-hydrogen) atoms. The summed E-state index contributed by atoms with van der Waals surface area (Å²) in [5, 5.41) is 4.00. The van der Waals surface area contributed by atoms with Crippen molar-refractivity contribution in [2.75, 3.05) is 32.8 Å². The molecule has 7 heteroatoms. The molecule has 1 atom stereocenters. The highest BCUT2D eigenvalue weighted by Crippen LogP contribution is 2.25. The topological polar surface area (TPSA) is 90.5 Å². The molecule has 1 unspecified atom stereocenters. The van der Waals surface area contributed by atoms with E-state index in [-0.39, 0.29) is 6.04 Å². The zero-order chi connectivity index (χ0) is 14.8. The number of rotatable bonds is 4. The molecule has 0 spiro atoms. The molecule has 1 saturated heterocycles. The van der Waals surface area contributed by atoms with E-state index in [0.717, 1.165) is 43.4 Å². The first-order valence-corrected chi connectivity index (χ1v) is 7.10. The lowest BCUT2D eigenvalue weighted by Crippen LogP contribution is -2.40. The Morgan fingerprint density at radius 3 is 2.76 bits per heavy atom. The number of ether oxygens (including phenoxy) is 1. The summed E-state index contributed by atoms with van der Waals surface area (Å²) in [7, 11) is 0. The van der Waals surface area contributed by atoms with Gasteiger partial charge in [0.25, 0.3) is 5.89 Å². The van der Waals surface area contributed by atoms with Crippen molar-refractivity contribution in [2.24, 2.45) is 5.73 Å². The maximum absolute atomic E-state index is 6.17. The van der Waals surface area contributed by atoms with Crippen molar-refractivity contribution < 1.29 is 13.7 Å². The maximum Gasteiger partial charge on any atom is 0.261 e. The number of nitrogens with zero attached hydrogens (tertiary/aromatic N) is 3. The van der Waals surface area contributed by atoms with Crippen LogP contribution in [0.5, 0.6) is 0 Å². The Labute approximate surface area is 123 Å². The molecule has 2 N–H and O–H groups in total. The second kappa shape index (κ2) is 5.97. The largest absolute Gasteiger partial charge is 0.466 e. The summed E-state index contributed by atoms with van der Waals surface area (Å²) in [6, 6.07) is 1.62. The van der Waals surface area contributed by atoms with Crippen LogP contribution in [0.4, 0.5) is 0 Å². The van der Waals surface area contributed by atoms with Crippen molar-refractivity contribution in [3.8, 4) is 11.5 Å². The lowest BCUT2D eigenvalue weighted by atomic mass is 10.2. The van der Waals surface area contributed by atoms with Crippen LogP contribution in [-0.2, 0) is 4.74 Å². The molecule has 2 aromatic heterocycles. The van der Waals surface area contributed by atoms with Crippen molar-refractivity contribution in [2.45, 2.75) is 19.9 Å². The molecule has 3 rings (SSSR count). The van der Waals surface area contributed by atoms with Crippen LogP contribution in [0.25, 0.3) is 11.5 Å². The van der Waals surface area contributed by atoms with E-state index in [9.17, 15) is 0 Å². The van der Waals surface area contributed by atoms with Crippen molar-refractivity contribution >= 4 is 0 Å². The van der Waals surface area contributed by atoms with Crippen LogP contribution in [0.15, 0.2) is 15.0 Å². The highest BCUT2D eigenvalue weighted by atomic mass is 16.5. The molecule has 2 aromatic rings. The Hall–Kier alpha value is -1.70. The van der Waals surface area contributed by atoms with Gasteiger partial charge in [0.2, 0.25) is 0 Å². The van der Waals surface area contributed by atoms with Gasteiger partial charge < -0.3 is 19.4 Å². The van der Waals surface area contributed by atoms with Crippen molar-refractivity contribution in [3.05, 3.63) is 23.4 Å². The minimum atomic E-state index is -0.270. The molecule has 0 bridgehead atoms. The summed E-state index contributed by atoms with van der Waals surface area (Å²) in [6.07, 6.45) is 0. The lowest BCUT2D eigenvalue weighted by Gasteiger charge is -2.27. The third-order valence-corrected chi connectivity index (χ3v) is 3.60. The fraction of sp³-hybridized carbons (Fsp3) is 0.571. The first-order valence-electron chi connectivity index (χ1n) is 7.10. The Balaban J connectivity index is 1.70. The minimum Gasteiger partial charge on any atom is -0.466 e. The molecule has 7 nitrogen and oxygen atoms in total. The quantitative estimate of drug-likeness (QED) is 0.907. The Bertz CT molecular complexity index is 601. The Morgan fingerprint density at radius 2 is 2.10 bits per heavy atom. The van der Waals surface area contributed by atoms with E-state index in [4.69, 9.17) is 19.4 Å². The average molecular weight is 292 g/mol. The predicted octanol–water partition coefficient (Wildman–Crippen LogP) is 1.28. The summed E-state index contributed by atoms with van der Waals surface area (Å²) in [5.41, 5.74) is 6.99. The number of furan rings is 1. The first-order chi connectivity index (χ1) is 10.1. The normalized spacial score (nSPS) is 18.0. The Kier molecular flexibility index (Phi) is 4.05. The molecule has 0 saturated carbocycles. The molecule has 1 aliphatic rings. The van der Waals surface area contributed by atoms with E-state index in [1.54, 1.807) is 0 Å². The van der Waals surface area contributed by atoms with Gasteiger partial charge in [-0.1, -0.05) is 5.16 Å². The number of nitrogens with two attached hydrogens (primary N) is 1. The first kappa shape index (κ1) is 14.2. The van der Waals surface area contributed by atoms with Gasteiger partial charge in [0.1, 0.15) is 11.5 Å². The van der Waals surface area contributed by atoms with Gasteiger partial charge in [0.15, 0.2) is 5.82 Å². The second-order valence-electron chi connectivity index (χ2n) is 5.30. The minimum absolute atomic E-state index is 0.270. The van der Waals surface area contributed by atoms with Crippen LogP contribution in [0.3, 0.4) is 0 Å².